The predicted molar refractivity (Wildman–Crippen MR) is 121 cm³/mol. The van der Waals surface area contributed by atoms with Gasteiger partial charge in [-0.3, -0.25) is 9.59 Å². The van der Waals surface area contributed by atoms with E-state index in [9.17, 15) is 9.59 Å². The highest BCUT2D eigenvalue weighted by Gasteiger charge is 2.32. The Morgan fingerprint density at radius 2 is 1.94 bits per heavy atom. The first-order valence-electron chi connectivity index (χ1n) is 11.0. The zero-order valence-electron chi connectivity index (χ0n) is 17.8. The van der Waals surface area contributed by atoms with Crippen molar-refractivity contribution in [1.29, 1.82) is 0 Å². The van der Waals surface area contributed by atoms with Gasteiger partial charge in [0.15, 0.2) is 5.69 Å². The number of nitrogens with one attached hydrogen (secondary N) is 1. The molecule has 1 saturated heterocycles. The monoisotopic (exact) mass is 450 g/mol. The van der Waals surface area contributed by atoms with Crippen LogP contribution in [0.2, 0.25) is 0 Å². The molecule has 8 heteroatoms. The number of carbonyl (C=O) groups excluding carboxylic acids is 2. The second-order valence-corrected chi connectivity index (χ2v) is 9.30. The van der Waals surface area contributed by atoms with Gasteiger partial charge in [0.2, 0.25) is 5.91 Å². The average molecular weight is 451 g/mol. The van der Waals surface area contributed by atoms with E-state index in [0.29, 0.717) is 51.3 Å². The Kier molecular flexibility index (Phi) is 6.05. The third-order valence-corrected chi connectivity index (χ3v) is 7.15. The molecule has 1 atom stereocenters. The third-order valence-electron chi connectivity index (χ3n) is 6.27. The molecule has 32 heavy (non-hydrogen) atoms. The summed E-state index contributed by atoms with van der Waals surface area (Å²) < 4.78 is 8.08. The van der Waals surface area contributed by atoms with Gasteiger partial charge in [-0.25, -0.2) is 4.98 Å². The van der Waals surface area contributed by atoms with Gasteiger partial charge >= 0.3 is 0 Å². The molecule has 5 rings (SSSR count). The van der Waals surface area contributed by atoms with E-state index in [1.165, 1.54) is 0 Å². The summed E-state index contributed by atoms with van der Waals surface area (Å²) >= 11 is 1.64. The molecule has 2 aliphatic rings. The third kappa shape index (κ3) is 4.33. The van der Waals surface area contributed by atoms with Crippen molar-refractivity contribution in [3.05, 3.63) is 76.0 Å². The summed E-state index contributed by atoms with van der Waals surface area (Å²) in [7, 11) is 0. The lowest BCUT2D eigenvalue weighted by molar-refractivity contribution is -0.126. The number of hydrogen-bond donors (Lipinski definition) is 1. The van der Waals surface area contributed by atoms with Crippen LogP contribution in [-0.4, -0.2) is 39.4 Å². The molecule has 2 amide bonds. The highest BCUT2D eigenvalue weighted by atomic mass is 32.1. The summed E-state index contributed by atoms with van der Waals surface area (Å²) in [6.07, 6.45) is 3.05. The maximum Gasteiger partial charge on any atom is 0.274 e. The number of likely N-dealkylation sites (tertiary alicyclic amines) is 1. The van der Waals surface area contributed by atoms with E-state index in [0.717, 1.165) is 16.1 Å². The maximum absolute atomic E-state index is 13.1. The molecule has 4 heterocycles. The van der Waals surface area contributed by atoms with Crippen LogP contribution in [0.15, 0.2) is 54.2 Å². The van der Waals surface area contributed by atoms with Crippen molar-refractivity contribution in [3.63, 3.8) is 0 Å². The Labute approximate surface area is 191 Å². The molecule has 2 aromatic heterocycles. The van der Waals surface area contributed by atoms with Gasteiger partial charge in [0.05, 0.1) is 31.7 Å². The SMILES string of the molecule is O=C(NCc1cccs1)C1CCN(C(=O)c2ncn3c2CO[C@H](c2ccccc2)C3)CC1. The van der Waals surface area contributed by atoms with Crippen molar-refractivity contribution in [1.82, 2.24) is 19.8 Å². The Bertz CT molecular complexity index is 1070. The predicted octanol–water partition coefficient (Wildman–Crippen LogP) is 3.38. The van der Waals surface area contributed by atoms with E-state index < -0.39 is 0 Å². The van der Waals surface area contributed by atoms with E-state index in [4.69, 9.17) is 4.74 Å². The van der Waals surface area contributed by atoms with Crippen molar-refractivity contribution in [2.24, 2.45) is 5.92 Å². The van der Waals surface area contributed by atoms with Gasteiger partial charge in [0.1, 0.15) is 6.10 Å². The number of piperidine rings is 1. The lowest BCUT2D eigenvalue weighted by Crippen LogP contribution is -2.43. The number of aromatic nitrogens is 2. The molecular formula is C24H26N4O3S. The minimum absolute atomic E-state index is 0.0377. The summed E-state index contributed by atoms with van der Waals surface area (Å²) in [5, 5.41) is 5.03. The summed E-state index contributed by atoms with van der Waals surface area (Å²) in [5.74, 6) is -0.0481. The molecule has 7 nitrogen and oxygen atoms in total. The first kappa shape index (κ1) is 20.9. The fourth-order valence-corrected chi connectivity index (χ4v) is 5.05. The lowest BCUT2D eigenvalue weighted by atomic mass is 9.95. The van der Waals surface area contributed by atoms with E-state index in [1.54, 1.807) is 17.7 Å². The highest BCUT2D eigenvalue weighted by molar-refractivity contribution is 7.09. The van der Waals surface area contributed by atoms with Gasteiger partial charge in [-0.05, 0) is 29.9 Å². The van der Waals surface area contributed by atoms with Crippen LogP contribution >= 0.6 is 11.3 Å². The molecule has 0 radical (unpaired) electrons. The Hall–Kier alpha value is -2.97. The second kappa shape index (κ2) is 9.26. The number of rotatable bonds is 5. The van der Waals surface area contributed by atoms with Gasteiger partial charge in [-0.2, -0.15) is 0 Å². The normalized spacial score (nSPS) is 18.9. The molecule has 166 valence electrons. The van der Waals surface area contributed by atoms with Gasteiger partial charge in [-0.15, -0.1) is 11.3 Å². The Morgan fingerprint density at radius 3 is 2.69 bits per heavy atom. The fourth-order valence-electron chi connectivity index (χ4n) is 4.40. The Balaban J connectivity index is 1.17. The number of ether oxygens (including phenoxy) is 1. The number of carbonyl (C=O) groups is 2. The molecule has 2 aliphatic heterocycles. The van der Waals surface area contributed by atoms with Crippen LogP contribution in [0.4, 0.5) is 0 Å². The zero-order valence-corrected chi connectivity index (χ0v) is 18.6. The molecular weight excluding hydrogens is 424 g/mol. The van der Waals surface area contributed by atoms with Crippen molar-refractivity contribution in [3.8, 4) is 0 Å². The standard InChI is InChI=1S/C24H26N4O3S/c29-23(25-13-19-7-4-12-32-19)18-8-10-27(11-9-18)24(30)22-20-15-31-21(14-28(20)16-26-22)17-5-2-1-3-6-17/h1-7,12,16,18,21H,8-11,13-15H2,(H,25,29)/t21-/m0/s1. The van der Waals surface area contributed by atoms with Gasteiger partial charge < -0.3 is 19.5 Å². The number of fused-ring (bicyclic) bond motifs is 1. The second-order valence-electron chi connectivity index (χ2n) is 8.27. The highest BCUT2D eigenvalue weighted by Crippen LogP contribution is 2.28. The maximum atomic E-state index is 13.1. The topological polar surface area (TPSA) is 76.5 Å². The Morgan fingerprint density at radius 1 is 1.12 bits per heavy atom. The number of hydrogen-bond acceptors (Lipinski definition) is 5. The van der Waals surface area contributed by atoms with Crippen LogP contribution in [0.5, 0.6) is 0 Å². The molecule has 0 unspecified atom stereocenters. The van der Waals surface area contributed by atoms with Gasteiger partial charge in [-0.1, -0.05) is 36.4 Å². The quantitative estimate of drug-likeness (QED) is 0.647. The number of benzene rings is 1. The molecule has 1 fully saturated rings. The van der Waals surface area contributed by atoms with Crippen LogP contribution < -0.4 is 5.32 Å². The van der Waals surface area contributed by atoms with Crippen LogP contribution in [0, 0.1) is 5.92 Å². The van der Waals surface area contributed by atoms with Crippen LogP contribution in [-0.2, 0) is 29.2 Å². The number of thiophene rings is 1. The van der Waals surface area contributed by atoms with Crippen molar-refractivity contribution in [2.75, 3.05) is 13.1 Å². The van der Waals surface area contributed by atoms with Crippen molar-refractivity contribution < 1.29 is 14.3 Å². The summed E-state index contributed by atoms with van der Waals surface area (Å²) in [6, 6.07) is 14.1. The lowest BCUT2D eigenvalue weighted by Gasteiger charge is -2.31. The van der Waals surface area contributed by atoms with Gasteiger partial charge in [0, 0.05) is 23.9 Å². The summed E-state index contributed by atoms with van der Waals surface area (Å²) in [5.41, 5.74) is 2.43. The minimum Gasteiger partial charge on any atom is -0.365 e. The number of amides is 2. The molecule has 0 saturated carbocycles. The fraction of sp³-hybridized carbons (Fsp3) is 0.375. The summed E-state index contributed by atoms with van der Waals surface area (Å²) in [4.78, 5) is 33.0. The molecule has 0 aliphatic carbocycles. The summed E-state index contributed by atoms with van der Waals surface area (Å²) in [6.45, 7) is 2.71. The van der Waals surface area contributed by atoms with Gasteiger partial charge in [0.25, 0.3) is 5.91 Å². The molecule has 0 bridgehead atoms. The average Bonchev–Trinajstić information content (AvgIpc) is 3.52. The smallest absolute Gasteiger partial charge is 0.274 e. The number of nitrogens with zero attached hydrogens (tertiary/aromatic N) is 3. The molecule has 1 N–H and O–H groups in total. The largest absolute Gasteiger partial charge is 0.365 e. The first-order chi connectivity index (χ1) is 15.7. The minimum atomic E-state index is -0.0713. The van der Waals surface area contributed by atoms with Crippen LogP contribution in [0.25, 0.3) is 0 Å². The molecule has 0 spiro atoms. The molecule has 1 aromatic carbocycles. The van der Waals surface area contributed by atoms with E-state index in [1.807, 2.05) is 45.2 Å². The first-order valence-corrected chi connectivity index (χ1v) is 11.9. The van der Waals surface area contributed by atoms with Crippen molar-refractivity contribution >= 4 is 23.2 Å². The van der Waals surface area contributed by atoms with E-state index >= 15 is 0 Å². The zero-order chi connectivity index (χ0) is 21.9. The molecule has 3 aromatic rings. The van der Waals surface area contributed by atoms with Crippen molar-refractivity contribution in [2.45, 2.75) is 38.6 Å². The van der Waals surface area contributed by atoms with Crippen LogP contribution in [0.3, 0.4) is 0 Å². The van der Waals surface area contributed by atoms with E-state index in [-0.39, 0.29) is 23.8 Å². The van der Waals surface area contributed by atoms with E-state index in [2.05, 4.69) is 22.4 Å². The van der Waals surface area contributed by atoms with Crippen LogP contribution in [0.1, 0.15) is 45.6 Å². The number of imidazole rings is 1.